The molecule has 130 valence electrons. The molecule has 1 rings (SSSR count). The first-order valence-corrected chi connectivity index (χ1v) is 8.09. The van der Waals surface area contributed by atoms with Crippen molar-refractivity contribution in [3.8, 4) is 0 Å². The fourth-order valence-electron chi connectivity index (χ4n) is 2.87. The van der Waals surface area contributed by atoms with Crippen molar-refractivity contribution in [1.29, 1.82) is 0 Å². The fraction of sp³-hybridized carbons (Fsp3) is 0.933. The Morgan fingerprint density at radius 3 is 2.41 bits per heavy atom. The Kier molecular flexibility index (Phi) is 8.60. The minimum Gasteiger partial charge on any atom is -0.378 e. The van der Waals surface area contributed by atoms with Crippen LogP contribution in [-0.2, 0) is 4.74 Å². The molecule has 7 heteroatoms. The smallest absolute Gasteiger partial charge is 0.378 e. The van der Waals surface area contributed by atoms with Gasteiger partial charge < -0.3 is 15.4 Å². The maximum absolute atomic E-state index is 12.1. The van der Waals surface area contributed by atoms with Crippen LogP contribution >= 0.6 is 0 Å². The summed E-state index contributed by atoms with van der Waals surface area (Å²) in [4.78, 5) is 3.93. The molecule has 1 aliphatic carbocycles. The Hall–Kier alpha value is -0.980. The van der Waals surface area contributed by atoms with Crippen LogP contribution in [0.4, 0.5) is 13.2 Å². The number of nitrogens with zero attached hydrogens (tertiary/aromatic N) is 1. The molecule has 1 aliphatic rings. The molecule has 2 N–H and O–H groups in total. The predicted molar refractivity (Wildman–Crippen MR) is 82.0 cm³/mol. The van der Waals surface area contributed by atoms with Crippen LogP contribution in [0.15, 0.2) is 4.99 Å². The third-order valence-corrected chi connectivity index (χ3v) is 3.95. The number of rotatable bonds is 8. The zero-order valence-corrected chi connectivity index (χ0v) is 13.5. The highest BCUT2D eigenvalue weighted by Gasteiger charge is 2.27. The molecule has 0 saturated heterocycles. The minimum absolute atomic E-state index is 0.166. The SMILES string of the molecule is CCOC(CCNC(=NC)NCCC(F)(F)F)C1CCCC1. The van der Waals surface area contributed by atoms with Crippen LogP contribution in [0.1, 0.15) is 45.4 Å². The summed E-state index contributed by atoms with van der Waals surface area (Å²) < 4.78 is 42.1. The van der Waals surface area contributed by atoms with Crippen LogP contribution in [0.3, 0.4) is 0 Å². The highest BCUT2D eigenvalue weighted by Crippen LogP contribution is 2.30. The summed E-state index contributed by atoms with van der Waals surface area (Å²) in [5, 5.41) is 5.74. The molecule has 1 fully saturated rings. The van der Waals surface area contributed by atoms with E-state index in [1.54, 1.807) is 7.05 Å². The lowest BCUT2D eigenvalue weighted by Gasteiger charge is -2.24. The predicted octanol–water partition coefficient (Wildman–Crippen LogP) is 3.09. The van der Waals surface area contributed by atoms with E-state index in [-0.39, 0.29) is 12.6 Å². The highest BCUT2D eigenvalue weighted by atomic mass is 19.4. The van der Waals surface area contributed by atoms with Crippen LogP contribution in [-0.4, -0.2) is 45.0 Å². The summed E-state index contributed by atoms with van der Waals surface area (Å²) in [5.74, 6) is 1.02. The average molecular weight is 323 g/mol. The number of nitrogens with one attached hydrogen (secondary N) is 2. The molecule has 0 aromatic rings. The largest absolute Gasteiger partial charge is 0.390 e. The quantitative estimate of drug-likeness (QED) is 0.533. The number of guanidine groups is 1. The molecule has 0 aliphatic heterocycles. The van der Waals surface area contributed by atoms with Crippen molar-refractivity contribution in [3.63, 3.8) is 0 Å². The van der Waals surface area contributed by atoms with Gasteiger partial charge in [-0.05, 0) is 32.1 Å². The van der Waals surface area contributed by atoms with Crippen molar-refractivity contribution in [1.82, 2.24) is 10.6 Å². The van der Waals surface area contributed by atoms with Crippen molar-refractivity contribution < 1.29 is 17.9 Å². The summed E-state index contributed by atoms with van der Waals surface area (Å²) in [7, 11) is 1.56. The van der Waals surface area contributed by atoms with E-state index in [9.17, 15) is 13.2 Å². The van der Waals surface area contributed by atoms with E-state index in [0.717, 1.165) is 6.42 Å². The molecule has 22 heavy (non-hydrogen) atoms. The molecular formula is C15H28F3N3O. The molecule has 1 unspecified atom stereocenters. The lowest BCUT2D eigenvalue weighted by molar-refractivity contribution is -0.132. The van der Waals surface area contributed by atoms with Gasteiger partial charge >= 0.3 is 6.18 Å². The van der Waals surface area contributed by atoms with Crippen LogP contribution in [0, 0.1) is 5.92 Å². The zero-order valence-electron chi connectivity index (χ0n) is 13.5. The fourth-order valence-corrected chi connectivity index (χ4v) is 2.87. The van der Waals surface area contributed by atoms with E-state index >= 15 is 0 Å². The van der Waals surface area contributed by atoms with Gasteiger partial charge in [-0.15, -0.1) is 0 Å². The summed E-state index contributed by atoms with van der Waals surface area (Å²) in [6.07, 6.45) is 1.02. The average Bonchev–Trinajstić information content (AvgIpc) is 2.97. The number of hydrogen-bond donors (Lipinski definition) is 2. The first-order valence-electron chi connectivity index (χ1n) is 8.09. The molecule has 0 aromatic heterocycles. The molecular weight excluding hydrogens is 295 g/mol. The molecule has 4 nitrogen and oxygen atoms in total. The summed E-state index contributed by atoms with van der Waals surface area (Å²) >= 11 is 0. The van der Waals surface area contributed by atoms with Gasteiger partial charge in [0.15, 0.2) is 5.96 Å². The number of aliphatic imine (C=N–C) groups is 1. The summed E-state index contributed by atoms with van der Waals surface area (Å²) in [6, 6.07) is 0. The van der Waals surface area contributed by atoms with Crippen molar-refractivity contribution >= 4 is 5.96 Å². The molecule has 0 aromatic carbocycles. The Morgan fingerprint density at radius 1 is 1.23 bits per heavy atom. The third kappa shape index (κ3) is 7.87. The number of hydrogen-bond acceptors (Lipinski definition) is 2. The molecule has 1 saturated carbocycles. The van der Waals surface area contributed by atoms with E-state index in [1.165, 1.54) is 25.7 Å². The molecule has 0 spiro atoms. The lowest BCUT2D eigenvalue weighted by Crippen LogP contribution is -2.40. The maximum atomic E-state index is 12.1. The summed E-state index contributed by atoms with van der Waals surface area (Å²) in [5.41, 5.74) is 0. The third-order valence-electron chi connectivity index (χ3n) is 3.95. The van der Waals surface area contributed by atoms with E-state index in [1.807, 2.05) is 6.92 Å². The van der Waals surface area contributed by atoms with Gasteiger partial charge in [0.2, 0.25) is 0 Å². The molecule has 0 heterocycles. The second-order valence-corrected chi connectivity index (χ2v) is 5.62. The van der Waals surface area contributed by atoms with E-state index in [4.69, 9.17) is 4.74 Å². The van der Waals surface area contributed by atoms with Gasteiger partial charge in [-0.3, -0.25) is 4.99 Å². The van der Waals surface area contributed by atoms with Crippen LogP contribution in [0.25, 0.3) is 0 Å². The van der Waals surface area contributed by atoms with E-state index in [0.29, 0.717) is 25.0 Å². The van der Waals surface area contributed by atoms with E-state index < -0.39 is 12.6 Å². The van der Waals surface area contributed by atoms with Crippen molar-refractivity contribution in [2.24, 2.45) is 10.9 Å². The van der Waals surface area contributed by atoms with Crippen molar-refractivity contribution in [3.05, 3.63) is 0 Å². The highest BCUT2D eigenvalue weighted by molar-refractivity contribution is 5.79. The van der Waals surface area contributed by atoms with Gasteiger partial charge in [-0.1, -0.05) is 12.8 Å². The van der Waals surface area contributed by atoms with Gasteiger partial charge in [0, 0.05) is 26.7 Å². The Labute approximate surface area is 130 Å². The van der Waals surface area contributed by atoms with Gasteiger partial charge in [0.25, 0.3) is 0 Å². The maximum Gasteiger partial charge on any atom is 0.390 e. The lowest BCUT2D eigenvalue weighted by atomic mass is 9.98. The topological polar surface area (TPSA) is 45.6 Å². The van der Waals surface area contributed by atoms with Crippen molar-refractivity contribution in [2.45, 2.75) is 57.7 Å². The normalized spacial score (nSPS) is 18.5. The number of alkyl halides is 3. The zero-order chi connectivity index (χ0) is 16.4. The van der Waals surface area contributed by atoms with Gasteiger partial charge in [-0.25, -0.2) is 0 Å². The second-order valence-electron chi connectivity index (χ2n) is 5.62. The Morgan fingerprint density at radius 2 is 1.86 bits per heavy atom. The van der Waals surface area contributed by atoms with Crippen LogP contribution in [0.5, 0.6) is 0 Å². The van der Waals surface area contributed by atoms with E-state index in [2.05, 4.69) is 15.6 Å². The second kappa shape index (κ2) is 9.92. The van der Waals surface area contributed by atoms with Gasteiger partial charge in [-0.2, -0.15) is 13.2 Å². The standard InChI is InChI=1S/C15H28F3N3O/c1-3-22-13(12-6-4-5-7-12)8-10-20-14(19-2)21-11-9-15(16,17)18/h12-13H,3-11H2,1-2H3,(H2,19,20,21). The number of ether oxygens (including phenoxy) is 1. The first-order chi connectivity index (χ1) is 10.5. The first kappa shape index (κ1) is 19.1. The van der Waals surface area contributed by atoms with Gasteiger partial charge in [0.1, 0.15) is 0 Å². The van der Waals surface area contributed by atoms with Crippen molar-refractivity contribution in [2.75, 3.05) is 26.7 Å². The van der Waals surface area contributed by atoms with Gasteiger partial charge in [0.05, 0.1) is 12.5 Å². The van der Waals surface area contributed by atoms with Crippen LogP contribution < -0.4 is 10.6 Å². The molecule has 0 bridgehead atoms. The minimum atomic E-state index is -4.14. The molecule has 0 radical (unpaired) electrons. The number of halogens is 3. The molecule has 0 amide bonds. The Bertz CT molecular complexity index is 328. The molecule has 1 atom stereocenters. The van der Waals surface area contributed by atoms with Crippen LogP contribution in [0.2, 0.25) is 0 Å². The monoisotopic (exact) mass is 323 g/mol. The Balaban J connectivity index is 2.26. The summed E-state index contributed by atoms with van der Waals surface area (Å²) in [6.45, 7) is 3.17.